The Hall–Kier alpha value is -3.16. The summed E-state index contributed by atoms with van der Waals surface area (Å²) < 4.78 is 44.5. The van der Waals surface area contributed by atoms with E-state index >= 15 is 0 Å². The molecule has 0 aliphatic heterocycles. The van der Waals surface area contributed by atoms with Crippen LogP contribution in [0.1, 0.15) is 47.3 Å². The van der Waals surface area contributed by atoms with Crippen molar-refractivity contribution in [3.05, 3.63) is 71.1 Å². The van der Waals surface area contributed by atoms with Gasteiger partial charge >= 0.3 is 0 Å². The number of pyridine rings is 1. The lowest BCUT2D eigenvalue weighted by atomic mass is 10.0. The Balaban J connectivity index is 0.000000204. The van der Waals surface area contributed by atoms with Crippen LogP contribution in [0.5, 0.6) is 0 Å². The minimum absolute atomic E-state index is 0.194. The average molecular weight is 403 g/mol. The molecule has 1 aliphatic rings. The summed E-state index contributed by atoms with van der Waals surface area (Å²) in [6.07, 6.45) is 5.35. The van der Waals surface area contributed by atoms with Crippen molar-refractivity contribution in [2.24, 2.45) is 5.73 Å². The Morgan fingerprint density at radius 2 is 1.93 bits per heavy atom. The highest BCUT2D eigenvalue weighted by Gasteiger charge is 2.27. The van der Waals surface area contributed by atoms with Gasteiger partial charge in [-0.3, -0.25) is 9.78 Å². The van der Waals surface area contributed by atoms with E-state index in [0.29, 0.717) is 11.5 Å². The van der Waals surface area contributed by atoms with Crippen LogP contribution >= 0.6 is 0 Å². The monoisotopic (exact) mass is 403 g/mol. The normalized spacial score (nSPS) is 13.2. The maximum absolute atomic E-state index is 13.3. The fraction of sp³-hybridized carbons (Fsp3) is 0.286. The largest absolute Gasteiger partial charge is 0.441 e. The molecule has 0 fully saturated rings. The summed E-state index contributed by atoms with van der Waals surface area (Å²) in [5, 5.41) is 0. The zero-order chi connectivity index (χ0) is 21.0. The molecule has 2 N–H and O–H groups in total. The highest BCUT2D eigenvalue weighted by molar-refractivity contribution is 5.92. The molecule has 8 heteroatoms. The predicted octanol–water partition coefficient (Wildman–Crippen LogP) is 4.65. The topological polar surface area (TPSA) is 82.0 Å². The lowest BCUT2D eigenvalue weighted by molar-refractivity contribution is 0.0128. The summed E-state index contributed by atoms with van der Waals surface area (Å²) in [5.74, 6) is -2.71. The van der Waals surface area contributed by atoms with Gasteiger partial charge in [-0.05, 0) is 49.6 Å². The molecular weight excluding hydrogens is 383 g/mol. The number of fused-ring (bicyclic) bond motifs is 1. The molecule has 1 aromatic carbocycles. The third-order valence-electron chi connectivity index (χ3n) is 4.41. The van der Waals surface area contributed by atoms with Crippen molar-refractivity contribution in [1.29, 1.82) is 0 Å². The molecule has 0 bridgehead atoms. The van der Waals surface area contributed by atoms with Gasteiger partial charge in [-0.15, -0.1) is 0 Å². The van der Waals surface area contributed by atoms with Crippen molar-refractivity contribution < 1.29 is 22.4 Å². The molecule has 152 valence electrons. The van der Waals surface area contributed by atoms with Gasteiger partial charge in [0.2, 0.25) is 11.8 Å². The van der Waals surface area contributed by atoms with E-state index in [9.17, 15) is 18.0 Å². The highest BCUT2D eigenvalue weighted by atomic mass is 19.3. The van der Waals surface area contributed by atoms with Crippen LogP contribution in [0, 0.1) is 5.82 Å². The summed E-state index contributed by atoms with van der Waals surface area (Å²) in [7, 11) is 0. The zero-order valence-electron chi connectivity index (χ0n) is 15.8. The molecule has 0 saturated heterocycles. The summed E-state index contributed by atoms with van der Waals surface area (Å²) >= 11 is 0. The number of amides is 1. The van der Waals surface area contributed by atoms with E-state index in [1.165, 1.54) is 30.5 Å². The smallest absolute Gasteiger partial charge is 0.286 e. The van der Waals surface area contributed by atoms with E-state index in [-0.39, 0.29) is 11.3 Å². The van der Waals surface area contributed by atoms with E-state index in [0.717, 1.165) is 50.1 Å². The number of hydrogen-bond acceptors (Lipinski definition) is 4. The molecule has 0 atom stereocenters. The first-order chi connectivity index (χ1) is 13.7. The minimum atomic E-state index is -2.96. The number of alkyl halides is 2. The summed E-state index contributed by atoms with van der Waals surface area (Å²) in [6, 6.07) is 8.25. The summed E-state index contributed by atoms with van der Waals surface area (Å²) in [4.78, 5) is 18.5. The molecule has 2 heterocycles. The third-order valence-corrected chi connectivity index (χ3v) is 4.41. The average Bonchev–Trinajstić information content (AvgIpc) is 3.12. The minimum Gasteiger partial charge on any atom is -0.441 e. The van der Waals surface area contributed by atoms with Gasteiger partial charge in [0.25, 0.3) is 5.92 Å². The van der Waals surface area contributed by atoms with Crippen LogP contribution in [-0.4, -0.2) is 15.9 Å². The molecule has 1 aliphatic carbocycles. The lowest BCUT2D eigenvalue weighted by Crippen LogP contribution is -2.10. The Morgan fingerprint density at radius 1 is 1.17 bits per heavy atom. The van der Waals surface area contributed by atoms with Crippen molar-refractivity contribution in [1.82, 2.24) is 9.97 Å². The number of carbonyl (C=O) groups excluding carboxylic acids is 1. The maximum Gasteiger partial charge on any atom is 0.286 e. The fourth-order valence-electron chi connectivity index (χ4n) is 2.92. The number of rotatable bonds is 3. The molecule has 0 saturated carbocycles. The molecule has 5 nitrogen and oxygen atoms in total. The number of halogens is 3. The maximum atomic E-state index is 13.3. The van der Waals surface area contributed by atoms with Crippen LogP contribution in [0.3, 0.4) is 0 Å². The second-order valence-electron chi connectivity index (χ2n) is 6.79. The standard InChI is InChI=1S/C14H14F2N2O.C7H6FNO/c1-14(15,16)12-8-9(6-7-17-12)13-18-10-4-2-3-5-11(10)19-13;8-6-3-1-2-5(4-6)7(9)10/h6-8H,2-5H2,1H3;1-4H,(H2,9,10). The highest BCUT2D eigenvalue weighted by Crippen LogP contribution is 2.31. The molecule has 0 spiro atoms. The molecule has 0 radical (unpaired) electrons. The van der Waals surface area contributed by atoms with Gasteiger partial charge in [-0.25, -0.2) is 9.37 Å². The van der Waals surface area contributed by atoms with E-state index in [1.807, 2.05) is 0 Å². The van der Waals surface area contributed by atoms with Gasteiger partial charge in [0, 0.05) is 30.7 Å². The van der Waals surface area contributed by atoms with E-state index in [2.05, 4.69) is 9.97 Å². The number of benzene rings is 1. The van der Waals surface area contributed by atoms with Gasteiger partial charge in [0.15, 0.2) is 0 Å². The second kappa shape index (κ2) is 8.46. The van der Waals surface area contributed by atoms with Crippen LogP contribution in [0.25, 0.3) is 11.5 Å². The van der Waals surface area contributed by atoms with Crippen molar-refractivity contribution in [3.8, 4) is 11.5 Å². The first kappa shape index (κ1) is 20.6. The van der Waals surface area contributed by atoms with Gasteiger partial charge in [0.1, 0.15) is 17.3 Å². The quantitative estimate of drug-likeness (QED) is 0.690. The molecule has 0 unspecified atom stereocenters. The van der Waals surface area contributed by atoms with Crippen LogP contribution < -0.4 is 5.73 Å². The molecule has 1 amide bonds. The summed E-state index contributed by atoms with van der Waals surface area (Å²) in [5.41, 5.74) is 6.33. The number of primary amides is 1. The van der Waals surface area contributed by atoms with Crippen molar-refractivity contribution in [2.45, 2.75) is 38.5 Å². The number of hydrogen-bond donors (Lipinski definition) is 1. The number of aromatic nitrogens is 2. The van der Waals surface area contributed by atoms with Crippen LogP contribution in [0.4, 0.5) is 13.2 Å². The first-order valence-electron chi connectivity index (χ1n) is 9.12. The van der Waals surface area contributed by atoms with Crippen molar-refractivity contribution >= 4 is 5.91 Å². The van der Waals surface area contributed by atoms with Crippen LogP contribution in [0.15, 0.2) is 47.0 Å². The summed E-state index contributed by atoms with van der Waals surface area (Å²) in [6.45, 7) is 0.833. The Labute approximate surface area is 165 Å². The molecule has 2 aromatic heterocycles. The predicted molar refractivity (Wildman–Crippen MR) is 101 cm³/mol. The van der Waals surface area contributed by atoms with Crippen molar-refractivity contribution in [2.75, 3.05) is 0 Å². The number of oxazole rings is 1. The molecule has 29 heavy (non-hydrogen) atoms. The van der Waals surface area contributed by atoms with Gasteiger partial charge in [-0.1, -0.05) is 6.07 Å². The Kier molecular flexibility index (Phi) is 6.00. The zero-order valence-corrected chi connectivity index (χ0v) is 15.8. The van der Waals surface area contributed by atoms with E-state index < -0.39 is 17.6 Å². The molecule has 4 rings (SSSR count). The van der Waals surface area contributed by atoms with Crippen LogP contribution in [-0.2, 0) is 18.8 Å². The Bertz CT molecular complexity index is 989. The Morgan fingerprint density at radius 3 is 2.55 bits per heavy atom. The van der Waals surface area contributed by atoms with Gasteiger partial charge in [0.05, 0.1) is 5.69 Å². The van der Waals surface area contributed by atoms with Crippen molar-refractivity contribution in [3.63, 3.8) is 0 Å². The van der Waals surface area contributed by atoms with E-state index in [4.69, 9.17) is 10.2 Å². The number of carbonyl (C=O) groups is 1. The fourth-order valence-corrected chi connectivity index (χ4v) is 2.92. The lowest BCUT2D eigenvalue weighted by Gasteiger charge is -2.09. The van der Waals surface area contributed by atoms with E-state index in [1.54, 1.807) is 6.07 Å². The molecule has 3 aromatic rings. The molecular formula is C21H20F3N3O2. The van der Waals surface area contributed by atoms with Gasteiger partial charge < -0.3 is 10.2 Å². The number of aryl methyl sites for hydroxylation is 2. The third kappa shape index (κ3) is 5.22. The first-order valence-corrected chi connectivity index (χ1v) is 9.12. The number of nitrogens with two attached hydrogens (primary N) is 1. The van der Waals surface area contributed by atoms with Gasteiger partial charge in [-0.2, -0.15) is 8.78 Å². The second-order valence-corrected chi connectivity index (χ2v) is 6.79. The SMILES string of the molecule is CC(F)(F)c1cc(-c2nc3c(o2)CCCC3)ccn1.NC(=O)c1cccc(F)c1. The number of nitrogens with zero attached hydrogens (tertiary/aromatic N) is 2. The van der Waals surface area contributed by atoms with Crippen LogP contribution in [0.2, 0.25) is 0 Å².